The fourth-order valence-corrected chi connectivity index (χ4v) is 2.26. The largest absolute Gasteiger partial charge is 0.392 e. The number of hydrogen-bond donors (Lipinski definition) is 2. The third-order valence-corrected chi connectivity index (χ3v) is 3.46. The third-order valence-electron chi connectivity index (χ3n) is 3.46. The molecule has 3 aromatic rings. The topological polar surface area (TPSA) is 123 Å². The molecule has 0 amide bonds. The highest BCUT2D eigenvalue weighted by Gasteiger charge is 2.12. The van der Waals surface area contributed by atoms with E-state index in [4.69, 9.17) is 10.5 Å². The third kappa shape index (κ3) is 2.74. The molecule has 3 heterocycles. The van der Waals surface area contributed by atoms with E-state index in [1.807, 2.05) is 6.07 Å². The summed E-state index contributed by atoms with van der Waals surface area (Å²) in [5.74, 6) is 0.493. The lowest BCUT2D eigenvalue weighted by atomic mass is 10.2. The number of anilines is 1. The summed E-state index contributed by atoms with van der Waals surface area (Å²) in [4.78, 5) is 8.54. The van der Waals surface area contributed by atoms with E-state index in [2.05, 4.69) is 26.5 Å². The van der Waals surface area contributed by atoms with Crippen molar-refractivity contribution in [3.8, 4) is 18.0 Å². The molecule has 8 nitrogen and oxygen atoms in total. The van der Waals surface area contributed by atoms with Crippen molar-refractivity contribution in [1.29, 1.82) is 10.5 Å². The number of nitrogens with zero attached hydrogens (tertiary/aromatic N) is 6. The first-order chi connectivity index (χ1) is 11.7. The van der Waals surface area contributed by atoms with Crippen molar-refractivity contribution in [2.45, 2.75) is 19.6 Å². The summed E-state index contributed by atoms with van der Waals surface area (Å²) >= 11 is 0. The Bertz CT molecular complexity index is 980. The summed E-state index contributed by atoms with van der Waals surface area (Å²) in [6, 6.07) is 7.10. The summed E-state index contributed by atoms with van der Waals surface area (Å²) in [5, 5.41) is 35.3. The molecule has 0 spiro atoms. The second-order valence-corrected chi connectivity index (χ2v) is 5.16. The zero-order valence-electron chi connectivity index (χ0n) is 12.8. The smallest absolute Gasteiger partial charge is 0.164 e. The van der Waals surface area contributed by atoms with E-state index in [9.17, 15) is 5.11 Å². The average Bonchev–Trinajstić information content (AvgIpc) is 3.04. The van der Waals surface area contributed by atoms with Crippen molar-refractivity contribution in [1.82, 2.24) is 19.7 Å². The minimum Gasteiger partial charge on any atom is -0.392 e. The average molecular weight is 319 g/mol. The van der Waals surface area contributed by atoms with Crippen LogP contribution in [0.4, 0.5) is 5.69 Å². The molecule has 0 saturated heterocycles. The van der Waals surface area contributed by atoms with Crippen LogP contribution in [0.3, 0.4) is 0 Å². The maximum absolute atomic E-state index is 9.43. The van der Waals surface area contributed by atoms with E-state index in [1.165, 1.54) is 12.4 Å². The molecule has 1 atom stereocenters. The molecule has 0 aliphatic heterocycles. The molecular weight excluding hydrogens is 306 g/mol. The molecule has 0 radical (unpaired) electrons. The highest BCUT2D eigenvalue weighted by Crippen LogP contribution is 2.21. The molecule has 0 bridgehead atoms. The van der Waals surface area contributed by atoms with Crippen LogP contribution in [0.5, 0.6) is 0 Å². The number of nitriles is 2. The van der Waals surface area contributed by atoms with Gasteiger partial charge in [0, 0.05) is 35.1 Å². The van der Waals surface area contributed by atoms with Gasteiger partial charge in [-0.25, -0.2) is 9.97 Å². The lowest BCUT2D eigenvalue weighted by molar-refractivity contribution is 0.282. The molecule has 0 fully saturated rings. The second-order valence-electron chi connectivity index (χ2n) is 5.16. The Balaban J connectivity index is 2.08. The Kier molecular flexibility index (Phi) is 4.06. The zero-order chi connectivity index (χ0) is 17.1. The molecule has 3 aromatic heterocycles. The van der Waals surface area contributed by atoms with Gasteiger partial charge in [0.15, 0.2) is 11.5 Å². The molecule has 8 heteroatoms. The van der Waals surface area contributed by atoms with Gasteiger partial charge in [-0.3, -0.25) is 0 Å². The number of hydrogen-bond acceptors (Lipinski definition) is 7. The number of fused-ring (bicyclic) bond motifs is 1. The fraction of sp³-hybridized carbons (Fsp3) is 0.188. The van der Waals surface area contributed by atoms with Crippen molar-refractivity contribution in [3.63, 3.8) is 0 Å². The van der Waals surface area contributed by atoms with Gasteiger partial charge in [0.2, 0.25) is 0 Å². The van der Waals surface area contributed by atoms with Gasteiger partial charge in [0.05, 0.1) is 24.4 Å². The lowest BCUT2D eigenvalue weighted by Crippen LogP contribution is -2.14. The van der Waals surface area contributed by atoms with Crippen LogP contribution >= 0.6 is 0 Å². The first-order valence-electron chi connectivity index (χ1n) is 7.16. The van der Waals surface area contributed by atoms with Crippen LogP contribution in [0.15, 0.2) is 30.7 Å². The molecule has 0 unspecified atom stereocenters. The molecule has 0 aromatic carbocycles. The Morgan fingerprint density at radius 3 is 2.79 bits per heavy atom. The number of rotatable bonds is 4. The molecule has 2 N–H and O–H groups in total. The van der Waals surface area contributed by atoms with E-state index in [-0.39, 0.29) is 6.61 Å². The maximum atomic E-state index is 9.43. The highest BCUT2D eigenvalue weighted by molar-refractivity contribution is 5.77. The van der Waals surface area contributed by atoms with E-state index in [0.29, 0.717) is 28.3 Å². The van der Waals surface area contributed by atoms with Crippen LogP contribution in [0, 0.1) is 22.7 Å². The van der Waals surface area contributed by atoms with Gasteiger partial charge in [0.25, 0.3) is 0 Å². The zero-order valence-corrected chi connectivity index (χ0v) is 12.8. The Hall–Kier alpha value is -3.49. The number of aromatic nitrogens is 4. The van der Waals surface area contributed by atoms with Gasteiger partial charge in [0.1, 0.15) is 12.1 Å². The van der Waals surface area contributed by atoms with Gasteiger partial charge in [-0.2, -0.15) is 20.3 Å². The van der Waals surface area contributed by atoms with Crippen LogP contribution in [-0.4, -0.2) is 30.9 Å². The normalized spacial score (nSPS) is 11.7. The predicted molar refractivity (Wildman–Crippen MR) is 86.0 cm³/mol. The summed E-state index contributed by atoms with van der Waals surface area (Å²) in [6.45, 7) is 1.52. The van der Waals surface area contributed by atoms with Gasteiger partial charge < -0.3 is 10.4 Å². The summed E-state index contributed by atoms with van der Waals surface area (Å²) in [6.07, 6.45) is 4.61. The van der Waals surface area contributed by atoms with Crippen LogP contribution in [-0.2, 0) is 6.61 Å². The monoisotopic (exact) mass is 319 g/mol. The lowest BCUT2D eigenvalue weighted by Gasteiger charge is -2.13. The Morgan fingerprint density at radius 2 is 2.08 bits per heavy atom. The first-order valence-corrected chi connectivity index (χ1v) is 7.16. The molecular formula is C16H13N7O. The minimum atomic E-state index is -0.420. The summed E-state index contributed by atoms with van der Waals surface area (Å²) in [7, 11) is 0. The van der Waals surface area contributed by atoms with Gasteiger partial charge >= 0.3 is 0 Å². The van der Waals surface area contributed by atoms with E-state index in [0.717, 1.165) is 5.39 Å². The molecule has 118 valence electrons. The maximum Gasteiger partial charge on any atom is 0.164 e. The van der Waals surface area contributed by atoms with Crippen LogP contribution < -0.4 is 5.32 Å². The number of pyridine rings is 2. The van der Waals surface area contributed by atoms with Gasteiger partial charge in [-0.1, -0.05) is 0 Å². The van der Waals surface area contributed by atoms with Crippen molar-refractivity contribution in [2.24, 2.45) is 0 Å². The van der Waals surface area contributed by atoms with Crippen LogP contribution in [0.2, 0.25) is 0 Å². The van der Waals surface area contributed by atoms with Crippen molar-refractivity contribution < 1.29 is 5.11 Å². The SMILES string of the molecule is C[C@H](C#N)Nc1cc(-n2ncc3cc(C#N)cnc32)ncc1CO. The number of aliphatic hydroxyl groups is 1. The highest BCUT2D eigenvalue weighted by atomic mass is 16.3. The Labute approximate surface area is 137 Å². The standard InChI is InChI=1S/C16H13N7O/c1-10(4-17)22-14-3-15(19-7-13(14)9-24)23-16-12(8-21-23)2-11(5-18)6-20-16/h2-3,6-8,10,24H,9H2,1H3,(H,19,22)/t10-/m1/s1. The quantitative estimate of drug-likeness (QED) is 0.746. The van der Waals surface area contributed by atoms with Crippen LogP contribution in [0.1, 0.15) is 18.1 Å². The fourth-order valence-electron chi connectivity index (χ4n) is 2.26. The second kappa shape index (κ2) is 6.32. The number of aliphatic hydroxyl groups excluding tert-OH is 1. The minimum absolute atomic E-state index is 0.197. The molecule has 0 aliphatic rings. The van der Waals surface area contributed by atoms with E-state index in [1.54, 1.807) is 29.9 Å². The summed E-state index contributed by atoms with van der Waals surface area (Å²) < 4.78 is 1.54. The van der Waals surface area contributed by atoms with Gasteiger partial charge in [-0.05, 0) is 13.0 Å². The van der Waals surface area contributed by atoms with Crippen LogP contribution in [0.25, 0.3) is 16.9 Å². The van der Waals surface area contributed by atoms with E-state index >= 15 is 0 Å². The van der Waals surface area contributed by atoms with Crippen molar-refractivity contribution >= 4 is 16.7 Å². The number of nitrogens with one attached hydrogen (secondary N) is 1. The predicted octanol–water partition coefficient (Wildman–Crippen LogP) is 1.50. The summed E-state index contributed by atoms with van der Waals surface area (Å²) in [5.41, 5.74) is 2.21. The molecule has 0 saturated carbocycles. The first kappa shape index (κ1) is 15.4. The Morgan fingerprint density at radius 1 is 1.25 bits per heavy atom. The van der Waals surface area contributed by atoms with Crippen molar-refractivity contribution in [3.05, 3.63) is 41.9 Å². The van der Waals surface area contributed by atoms with Gasteiger partial charge in [-0.15, -0.1) is 0 Å². The van der Waals surface area contributed by atoms with Crippen molar-refractivity contribution in [2.75, 3.05) is 5.32 Å². The molecule has 24 heavy (non-hydrogen) atoms. The van der Waals surface area contributed by atoms with E-state index < -0.39 is 6.04 Å². The molecule has 0 aliphatic carbocycles. The molecule has 3 rings (SSSR count).